The summed E-state index contributed by atoms with van der Waals surface area (Å²) in [5.74, 6) is -0.699. The monoisotopic (exact) mass is 433 g/mol. The minimum Gasteiger partial charge on any atom is -0.369 e. The Morgan fingerprint density at radius 2 is 1.83 bits per heavy atom. The van der Waals surface area contributed by atoms with E-state index in [9.17, 15) is 9.59 Å². The number of anilines is 1. The first-order valence-corrected chi connectivity index (χ1v) is 10.2. The highest BCUT2D eigenvalue weighted by Gasteiger charge is 2.52. The fourth-order valence-corrected chi connectivity index (χ4v) is 4.34. The molecule has 0 unspecified atom stereocenters. The number of amides is 2. The molecule has 0 spiro atoms. The summed E-state index contributed by atoms with van der Waals surface area (Å²) in [6.45, 7) is 6.62. The van der Waals surface area contributed by atoms with Crippen LogP contribution in [0.2, 0.25) is 10.0 Å². The number of benzene rings is 2. The Labute approximate surface area is 181 Å². The fraction of sp³-hybridized carbons (Fsp3) is 0.364. The number of nitrogens with zero attached hydrogens (tertiary/aromatic N) is 1. The molecule has 0 radical (unpaired) electrons. The molecule has 5 nitrogen and oxygen atoms in total. The van der Waals surface area contributed by atoms with Gasteiger partial charge in [0.15, 0.2) is 0 Å². The Morgan fingerprint density at radius 3 is 2.45 bits per heavy atom. The van der Waals surface area contributed by atoms with Gasteiger partial charge in [-0.05, 0) is 35.2 Å². The van der Waals surface area contributed by atoms with Crippen molar-refractivity contribution in [2.45, 2.75) is 32.7 Å². The molecule has 1 atom stereocenters. The van der Waals surface area contributed by atoms with Crippen LogP contribution >= 0.6 is 23.2 Å². The lowest BCUT2D eigenvalue weighted by atomic mass is 9.81. The molecule has 2 aromatic rings. The van der Waals surface area contributed by atoms with E-state index < -0.39 is 11.4 Å². The summed E-state index contributed by atoms with van der Waals surface area (Å²) in [6, 6.07) is 12.7. The maximum atomic E-state index is 13.5. The van der Waals surface area contributed by atoms with Crippen molar-refractivity contribution in [3.8, 4) is 0 Å². The van der Waals surface area contributed by atoms with Gasteiger partial charge < -0.3 is 11.1 Å². The second-order valence-electron chi connectivity index (χ2n) is 8.69. The van der Waals surface area contributed by atoms with Crippen LogP contribution in [0.15, 0.2) is 42.5 Å². The van der Waals surface area contributed by atoms with E-state index in [1.807, 2.05) is 29.2 Å². The van der Waals surface area contributed by atoms with E-state index in [0.29, 0.717) is 28.7 Å². The normalized spacial score (nSPS) is 18.6. The predicted molar refractivity (Wildman–Crippen MR) is 117 cm³/mol. The first-order valence-electron chi connectivity index (χ1n) is 9.40. The second-order valence-corrected chi connectivity index (χ2v) is 9.57. The van der Waals surface area contributed by atoms with Crippen molar-refractivity contribution >= 4 is 40.7 Å². The van der Waals surface area contributed by atoms with Crippen molar-refractivity contribution in [1.82, 2.24) is 4.90 Å². The van der Waals surface area contributed by atoms with Gasteiger partial charge in [-0.1, -0.05) is 62.2 Å². The number of carbonyl (C=O) groups is 2. The molecule has 0 aliphatic carbocycles. The molecule has 3 N–H and O–H groups in total. The number of carbonyl (C=O) groups excluding carboxylic acids is 2. The van der Waals surface area contributed by atoms with E-state index in [1.54, 1.807) is 18.2 Å². The van der Waals surface area contributed by atoms with Gasteiger partial charge in [0.2, 0.25) is 11.8 Å². The van der Waals surface area contributed by atoms with Crippen LogP contribution in [0.25, 0.3) is 0 Å². The number of nitrogens with two attached hydrogens (primary N) is 1. The van der Waals surface area contributed by atoms with Crippen LogP contribution in [-0.2, 0) is 21.5 Å². The highest BCUT2D eigenvalue weighted by molar-refractivity contribution is 6.31. The maximum absolute atomic E-state index is 13.5. The zero-order valence-electron chi connectivity index (χ0n) is 16.8. The lowest BCUT2D eigenvalue weighted by Crippen LogP contribution is -2.57. The highest BCUT2D eigenvalue weighted by Crippen LogP contribution is 2.45. The van der Waals surface area contributed by atoms with E-state index in [1.165, 1.54) is 0 Å². The molecule has 1 heterocycles. The average molecular weight is 434 g/mol. The number of primary amides is 1. The van der Waals surface area contributed by atoms with Crippen LogP contribution in [0, 0.1) is 5.41 Å². The minimum absolute atomic E-state index is 0.0483. The molecule has 3 rings (SSSR count). The van der Waals surface area contributed by atoms with Gasteiger partial charge in [-0.25, -0.2) is 0 Å². The Balaban J connectivity index is 2.20. The minimum atomic E-state index is -1.10. The van der Waals surface area contributed by atoms with E-state index in [4.69, 9.17) is 28.9 Å². The van der Waals surface area contributed by atoms with Crippen LogP contribution < -0.4 is 11.1 Å². The molecule has 0 bridgehead atoms. The molecule has 7 heteroatoms. The molecule has 1 aliphatic heterocycles. The smallest absolute Gasteiger partial charge is 0.249 e. The van der Waals surface area contributed by atoms with E-state index in [2.05, 4.69) is 26.1 Å². The van der Waals surface area contributed by atoms with E-state index in [-0.39, 0.29) is 17.9 Å². The van der Waals surface area contributed by atoms with Crippen molar-refractivity contribution in [2.24, 2.45) is 11.1 Å². The van der Waals surface area contributed by atoms with Crippen LogP contribution in [-0.4, -0.2) is 29.8 Å². The Hall–Kier alpha value is -2.08. The number of nitrogens with one attached hydrogen (secondary N) is 1. The summed E-state index contributed by atoms with van der Waals surface area (Å²) in [4.78, 5) is 27.3. The molecule has 2 aromatic carbocycles. The molecule has 0 aromatic heterocycles. The predicted octanol–water partition coefficient (Wildman–Crippen LogP) is 4.22. The number of hydrogen-bond donors (Lipinski definition) is 2. The van der Waals surface area contributed by atoms with Crippen molar-refractivity contribution in [3.63, 3.8) is 0 Å². The number of fused-ring (bicyclic) bond motifs is 1. The van der Waals surface area contributed by atoms with Gasteiger partial charge in [0, 0.05) is 34.3 Å². The van der Waals surface area contributed by atoms with Crippen LogP contribution in [0.5, 0.6) is 0 Å². The highest BCUT2D eigenvalue weighted by atomic mass is 35.5. The molecule has 0 saturated heterocycles. The van der Waals surface area contributed by atoms with Gasteiger partial charge in [-0.3, -0.25) is 14.5 Å². The van der Waals surface area contributed by atoms with Crippen molar-refractivity contribution in [1.29, 1.82) is 0 Å². The lowest BCUT2D eigenvalue weighted by Gasteiger charge is -2.42. The van der Waals surface area contributed by atoms with Crippen molar-refractivity contribution in [3.05, 3.63) is 63.6 Å². The third kappa shape index (κ3) is 4.58. The van der Waals surface area contributed by atoms with Gasteiger partial charge in [-0.15, -0.1) is 0 Å². The van der Waals surface area contributed by atoms with Gasteiger partial charge >= 0.3 is 0 Å². The SMILES string of the molecule is CC(C)(C)CN(CC(N)=O)[C@@]1(Cc2cccc(Cl)c2)C(=O)Nc2cc(Cl)ccc21. The zero-order chi connectivity index (χ0) is 21.4. The van der Waals surface area contributed by atoms with Gasteiger partial charge in [0.1, 0.15) is 5.54 Å². The summed E-state index contributed by atoms with van der Waals surface area (Å²) in [5.41, 5.74) is 6.62. The molecular formula is C22H25Cl2N3O2. The van der Waals surface area contributed by atoms with Crippen molar-refractivity contribution < 1.29 is 9.59 Å². The molecule has 0 saturated carbocycles. The average Bonchev–Trinajstić information content (AvgIpc) is 2.84. The first-order chi connectivity index (χ1) is 13.5. The zero-order valence-corrected chi connectivity index (χ0v) is 18.3. The third-order valence-electron chi connectivity index (χ3n) is 4.95. The summed E-state index contributed by atoms with van der Waals surface area (Å²) in [6.07, 6.45) is 0.345. The topological polar surface area (TPSA) is 75.4 Å². The molecule has 0 fully saturated rings. The Kier molecular flexibility index (Phi) is 5.95. The molecular weight excluding hydrogens is 409 g/mol. The second kappa shape index (κ2) is 7.98. The fourth-order valence-electron chi connectivity index (χ4n) is 3.96. The molecule has 29 heavy (non-hydrogen) atoms. The van der Waals surface area contributed by atoms with Gasteiger partial charge in [-0.2, -0.15) is 0 Å². The number of hydrogen-bond acceptors (Lipinski definition) is 3. The first kappa shape index (κ1) is 21.6. The molecule has 1 aliphatic rings. The van der Waals surface area contributed by atoms with Crippen molar-refractivity contribution in [2.75, 3.05) is 18.4 Å². The van der Waals surface area contributed by atoms with Crippen LogP contribution in [0.4, 0.5) is 5.69 Å². The summed E-state index contributed by atoms with van der Waals surface area (Å²) < 4.78 is 0. The van der Waals surface area contributed by atoms with E-state index >= 15 is 0 Å². The number of rotatable bonds is 6. The van der Waals surface area contributed by atoms with Gasteiger partial charge in [0.05, 0.1) is 6.54 Å². The standard InChI is InChI=1S/C22H25Cl2N3O2/c1-21(2,3)13-27(12-19(25)28)22(11-14-5-4-6-15(23)9-14)17-8-7-16(24)10-18(17)26-20(22)29/h4-10H,11-13H2,1-3H3,(H2,25,28)(H,26,29)/t22-/m1/s1. The van der Waals surface area contributed by atoms with Crippen LogP contribution in [0.3, 0.4) is 0 Å². The largest absolute Gasteiger partial charge is 0.369 e. The Bertz CT molecular complexity index is 955. The number of halogens is 2. The molecule has 2 amide bonds. The van der Waals surface area contributed by atoms with Gasteiger partial charge in [0.25, 0.3) is 0 Å². The maximum Gasteiger partial charge on any atom is 0.249 e. The lowest BCUT2D eigenvalue weighted by molar-refractivity contribution is -0.132. The Morgan fingerprint density at radius 1 is 1.14 bits per heavy atom. The van der Waals surface area contributed by atoms with E-state index in [0.717, 1.165) is 11.1 Å². The van der Waals surface area contributed by atoms with Crippen LogP contribution in [0.1, 0.15) is 31.9 Å². The summed E-state index contributed by atoms with van der Waals surface area (Å²) in [5, 5.41) is 4.07. The summed E-state index contributed by atoms with van der Waals surface area (Å²) >= 11 is 12.4. The third-order valence-corrected chi connectivity index (χ3v) is 5.42. The quantitative estimate of drug-likeness (QED) is 0.715. The summed E-state index contributed by atoms with van der Waals surface area (Å²) in [7, 11) is 0. The molecule has 154 valence electrons.